The van der Waals surface area contributed by atoms with Crippen LogP contribution < -0.4 is 20.5 Å². The van der Waals surface area contributed by atoms with Crippen LogP contribution in [0.3, 0.4) is 0 Å². The van der Waals surface area contributed by atoms with Gasteiger partial charge in [-0.15, -0.1) is 0 Å². The minimum Gasteiger partial charge on any atom is -0.309 e. The molecule has 43 heavy (non-hydrogen) atoms. The lowest BCUT2D eigenvalue weighted by atomic mass is 9.86. The molecule has 0 saturated carbocycles. The largest absolute Gasteiger partial charge is 0.309 e. The summed E-state index contributed by atoms with van der Waals surface area (Å²) in [6.45, 7) is 0. The second-order valence-electron chi connectivity index (χ2n) is 11.1. The zero-order chi connectivity index (χ0) is 28.8. The number of allylic oxidation sites excluding steroid dienone is 5. The van der Waals surface area contributed by atoms with Gasteiger partial charge in [-0.3, -0.25) is 0 Å². The Morgan fingerprint density at radius 1 is 0.651 bits per heavy atom. The van der Waals surface area contributed by atoms with E-state index in [-0.39, 0.29) is 5.92 Å². The summed E-state index contributed by atoms with van der Waals surface area (Å²) < 4.78 is 18.9. The van der Waals surface area contributed by atoms with E-state index in [0.29, 0.717) is 5.92 Å². The molecule has 0 bridgehead atoms. The van der Waals surface area contributed by atoms with Gasteiger partial charge in [-0.2, -0.15) is 0 Å². The van der Waals surface area contributed by atoms with Crippen LogP contribution in [0.2, 0.25) is 0 Å². The topological polar surface area (TPSA) is 38.8 Å². The van der Waals surface area contributed by atoms with Crippen LogP contribution in [0.5, 0.6) is 0 Å². The Kier molecular flexibility index (Phi) is 6.17. The highest BCUT2D eigenvalue weighted by Gasteiger charge is 2.33. The van der Waals surface area contributed by atoms with Crippen molar-refractivity contribution in [1.82, 2.24) is 9.78 Å². The molecule has 2 atom stereocenters. The van der Waals surface area contributed by atoms with E-state index < -0.39 is 7.14 Å². The molecule has 0 amide bonds. The maximum absolute atomic E-state index is 14.8. The normalized spacial score (nSPS) is 17.1. The molecule has 6 aromatic rings. The van der Waals surface area contributed by atoms with Crippen LogP contribution in [0.25, 0.3) is 33.8 Å². The summed E-state index contributed by atoms with van der Waals surface area (Å²) in [5.41, 5.74) is 3.22. The van der Waals surface area contributed by atoms with Crippen LogP contribution >= 0.6 is 7.14 Å². The van der Waals surface area contributed by atoms with E-state index in [2.05, 4.69) is 96.0 Å². The van der Waals surface area contributed by atoms with E-state index in [1.165, 1.54) is 0 Å². The third-order valence-electron chi connectivity index (χ3n) is 8.56. The van der Waals surface area contributed by atoms with Gasteiger partial charge in [0.15, 0.2) is 7.14 Å². The molecule has 2 unspecified atom stereocenters. The highest BCUT2D eigenvalue weighted by atomic mass is 31.2. The summed E-state index contributed by atoms with van der Waals surface area (Å²) in [6.07, 6.45) is 15.1. The average molecular weight is 575 g/mol. The molecule has 0 spiro atoms. The minimum atomic E-state index is -3.02. The van der Waals surface area contributed by atoms with Crippen molar-refractivity contribution >= 4 is 40.0 Å². The minimum absolute atomic E-state index is 0.239. The first-order valence-electron chi connectivity index (χ1n) is 14.6. The number of hydrogen-bond acceptors (Lipinski definition) is 2. The molecule has 8 rings (SSSR count). The Hall–Kier alpha value is -5.05. The molecular weight excluding hydrogens is 545 g/mol. The molecule has 0 N–H and O–H groups in total. The molecule has 0 radical (unpaired) electrons. The molecule has 2 aliphatic rings. The lowest BCUT2D eigenvalue weighted by Gasteiger charge is -2.20. The van der Waals surface area contributed by atoms with Gasteiger partial charge in [0.05, 0.1) is 12.1 Å². The lowest BCUT2D eigenvalue weighted by molar-refractivity contribution is -0.581. The standard InChI is InChI=1S/C38H29N3OP/c42-43(32-12-3-1-4-13-32,33-14-5-2-6-15-33)34-22-20-28(21-23-34)31-19-18-29-11-9-17-37(36(29)26-31)41-27-40-25-24-30-10-7-8-16-35(30)38(40)39-41/h1-27,30,35H/q+1. The molecule has 0 fully saturated rings. The number of benzene rings is 5. The summed E-state index contributed by atoms with van der Waals surface area (Å²) in [5, 5.41) is 9.85. The van der Waals surface area contributed by atoms with Gasteiger partial charge < -0.3 is 4.57 Å². The number of hydrogen-bond donors (Lipinski definition) is 0. The van der Waals surface area contributed by atoms with Gasteiger partial charge in [-0.05, 0) is 34.7 Å². The van der Waals surface area contributed by atoms with E-state index >= 15 is 0 Å². The summed E-state index contributed by atoms with van der Waals surface area (Å²) in [7, 11) is -3.02. The molecular formula is C38H29N3OP+. The fourth-order valence-corrected chi connectivity index (χ4v) is 8.96. The average Bonchev–Trinajstić information content (AvgIpc) is 3.53. The number of rotatable bonds is 5. The predicted molar refractivity (Wildman–Crippen MR) is 176 cm³/mol. The van der Waals surface area contributed by atoms with Crippen LogP contribution in [0, 0.1) is 5.92 Å². The smallest absolute Gasteiger partial charge is 0.290 e. The van der Waals surface area contributed by atoms with Gasteiger partial charge >= 0.3 is 0 Å². The zero-order valence-corrected chi connectivity index (χ0v) is 24.3. The van der Waals surface area contributed by atoms with Crippen molar-refractivity contribution in [2.75, 3.05) is 0 Å². The van der Waals surface area contributed by atoms with Gasteiger partial charge in [0.25, 0.3) is 5.82 Å². The molecule has 206 valence electrons. The molecule has 4 nitrogen and oxygen atoms in total. The van der Waals surface area contributed by atoms with E-state index in [1.807, 2.05) is 77.5 Å². The number of nitrogens with zero attached hydrogens (tertiary/aromatic N) is 3. The first-order chi connectivity index (χ1) is 21.2. The summed E-state index contributed by atoms with van der Waals surface area (Å²) in [4.78, 5) is 0. The van der Waals surface area contributed by atoms with Crippen molar-refractivity contribution < 1.29 is 9.13 Å². The summed E-state index contributed by atoms with van der Waals surface area (Å²) in [5.74, 6) is 1.62. The second-order valence-corrected chi connectivity index (χ2v) is 13.8. The van der Waals surface area contributed by atoms with Gasteiger partial charge in [0.1, 0.15) is 5.69 Å². The Bertz CT molecular complexity index is 2060. The molecule has 1 aliphatic carbocycles. The van der Waals surface area contributed by atoms with Crippen molar-refractivity contribution in [2.24, 2.45) is 5.92 Å². The number of fused-ring (bicyclic) bond motifs is 4. The lowest BCUT2D eigenvalue weighted by Crippen LogP contribution is -2.36. The molecule has 2 heterocycles. The molecule has 5 aromatic carbocycles. The maximum Gasteiger partial charge on any atom is 0.290 e. The SMILES string of the molecule is O=P(c1ccccc1)(c1ccccc1)c1ccc(-c2ccc3cccc(-n4c[n+]5c(n4)C4C=CC=CC4C=C5)c3c2)cc1. The van der Waals surface area contributed by atoms with Gasteiger partial charge in [-0.25, -0.2) is 4.57 Å². The van der Waals surface area contributed by atoms with E-state index in [4.69, 9.17) is 5.10 Å². The fourth-order valence-electron chi connectivity index (χ4n) is 6.32. The van der Waals surface area contributed by atoms with Crippen LogP contribution in [0.4, 0.5) is 0 Å². The van der Waals surface area contributed by atoms with Crippen LogP contribution in [0.15, 0.2) is 158 Å². The highest BCUT2D eigenvalue weighted by molar-refractivity contribution is 7.85. The van der Waals surface area contributed by atoms with Crippen molar-refractivity contribution in [3.8, 4) is 16.8 Å². The van der Waals surface area contributed by atoms with Crippen molar-refractivity contribution in [3.63, 3.8) is 0 Å². The predicted octanol–water partition coefficient (Wildman–Crippen LogP) is 6.93. The molecule has 5 heteroatoms. The van der Waals surface area contributed by atoms with Crippen LogP contribution in [-0.2, 0) is 4.57 Å². The Labute approximate surface area is 251 Å². The first-order valence-corrected chi connectivity index (χ1v) is 16.3. The highest BCUT2D eigenvalue weighted by Crippen LogP contribution is 2.42. The van der Waals surface area contributed by atoms with E-state index in [0.717, 1.165) is 49.3 Å². The fraction of sp³-hybridized carbons (Fsp3) is 0.0526. The Morgan fingerprint density at radius 3 is 2.07 bits per heavy atom. The monoisotopic (exact) mass is 574 g/mol. The van der Waals surface area contributed by atoms with Crippen molar-refractivity contribution in [2.45, 2.75) is 5.92 Å². The van der Waals surface area contributed by atoms with Crippen molar-refractivity contribution in [3.05, 3.63) is 164 Å². The Balaban J connectivity index is 1.19. The van der Waals surface area contributed by atoms with E-state index in [9.17, 15) is 4.57 Å². The third kappa shape index (κ3) is 4.34. The molecule has 0 saturated heterocycles. The van der Waals surface area contributed by atoms with Gasteiger partial charge in [0.2, 0.25) is 6.33 Å². The molecule has 1 aliphatic heterocycles. The zero-order valence-electron chi connectivity index (χ0n) is 23.4. The first kappa shape index (κ1) is 25.6. The molecule has 1 aromatic heterocycles. The van der Waals surface area contributed by atoms with E-state index in [1.54, 1.807) is 0 Å². The van der Waals surface area contributed by atoms with Gasteiger partial charge in [-0.1, -0.05) is 138 Å². The summed E-state index contributed by atoms with van der Waals surface area (Å²) in [6, 6.07) is 40.8. The maximum atomic E-state index is 14.8. The van der Waals surface area contributed by atoms with Crippen molar-refractivity contribution in [1.29, 1.82) is 0 Å². The number of aromatic nitrogens is 3. The van der Waals surface area contributed by atoms with Gasteiger partial charge in [0, 0.05) is 32.3 Å². The van der Waals surface area contributed by atoms with Crippen LogP contribution in [0.1, 0.15) is 11.7 Å². The quantitative estimate of drug-likeness (QED) is 0.166. The second kappa shape index (κ2) is 10.3. The summed E-state index contributed by atoms with van der Waals surface area (Å²) >= 11 is 0. The van der Waals surface area contributed by atoms with Crippen LogP contribution in [-0.4, -0.2) is 9.78 Å². The third-order valence-corrected chi connectivity index (χ3v) is 11.6. The Morgan fingerprint density at radius 2 is 1.33 bits per heavy atom.